The van der Waals surface area contributed by atoms with Crippen molar-refractivity contribution >= 4 is 40.7 Å². The van der Waals surface area contributed by atoms with Gasteiger partial charge in [-0.05, 0) is 25.5 Å². The minimum Gasteiger partial charge on any atom is -0.481 e. The van der Waals surface area contributed by atoms with E-state index in [1.807, 2.05) is 12.3 Å². The maximum Gasteiger partial charge on any atom is 0.303 e. The molecule has 0 aliphatic carbocycles. The highest BCUT2D eigenvalue weighted by atomic mass is 32.2. The molecule has 10 heteroatoms. The first-order valence-corrected chi connectivity index (χ1v) is 8.95. The summed E-state index contributed by atoms with van der Waals surface area (Å²) in [6.45, 7) is 2.03. The van der Waals surface area contributed by atoms with E-state index in [4.69, 9.17) is 5.11 Å². The average Bonchev–Trinajstić information content (AvgIpc) is 2.96. The second-order valence-electron chi connectivity index (χ2n) is 5.05. The molecule has 1 aromatic heterocycles. The Balaban J connectivity index is 2.10. The van der Waals surface area contributed by atoms with Crippen molar-refractivity contribution in [2.24, 2.45) is 0 Å². The first-order chi connectivity index (χ1) is 11.9. The number of hydrogen-bond donors (Lipinski definition) is 2. The Kier molecular flexibility index (Phi) is 6.48. The maximum atomic E-state index is 12.0. The van der Waals surface area contributed by atoms with Crippen LogP contribution < -0.4 is 5.32 Å². The molecule has 2 N–H and O–H groups in total. The van der Waals surface area contributed by atoms with E-state index in [2.05, 4.69) is 10.3 Å². The topological polar surface area (TPSA) is 122 Å². The molecule has 2 rings (SSSR count). The van der Waals surface area contributed by atoms with Gasteiger partial charge >= 0.3 is 5.97 Å². The second kappa shape index (κ2) is 8.58. The number of nitro groups is 1. The molecule has 0 fully saturated rings. The monoisotopic (exact) mass is 381 g/mol. The van der Waals surface area contributed by atoms with Crippen LogP contribution in [0.2, 0.25) is 0 Å². The summed E-state index contributed by atoms with van der Waals surface area (Å²) in [4.78, 5) is 37.9. The average molecular weight is 381 g/mol. The highest BCUT2D eigenvalue weighted by Gasteiger charge is 2.19. The Morgan fingerprint density at radius 2 is 2.20 bits per heavy atom. The Morgan fingerprint density at radius 1 is 1.44 bits per heavy atom. The molecule has 0 aliphatic rings. The lowest BCUT2D eigenvalue weighted by Crippen LogP contribution is -2.25. The van der Waals surface area contributed by atoms with E-state index in [1.165, 1.54) is 41.3 Å². The fourth-order valence-electron chi connectivity index (χ4n) is 1.90. The van der Waals surface area contributed by atoms with Crippen LogP contribution in [-0.2, 0) is 4.79 Å². The van der Waals surface area contributed by atoms with Crippen LogP contribution in [0.3, 0.4) is 0 Å². The summed E-state index contributed by atoms with van der Waals surface area (Å²) >= 11 is 2.57. The molecule has 25 heavy (non-hydrogen) atoms. The number of aromatic nitrogens is 1. The highest BCUT2D eigenvalue weighted by Crippen LogP contribution is 2.36. The van der Waals surface area contributed by atoms with Crippen LogP contribution in [0.5, 0.6) is 0 Å². The van der Waals surface area contributed by atoms with Crippen molar-refractivity contribution in [1.29, 1.82) is 0 Å². The Morgan fingerprint density at radius 3 is 2.80 bits per heavy atom. The SMILES string of the molecule is Cc1csc(Sc2ccc(C(=O)NCCCC(=O)O)cc2[N+](=O)[O-])n1. The predicted octanol–water partition coefficient (Wildman–Crippen LogP) is 3.11. The summed E-state index contributed by atoms with van der Waals surface area (Å²) in [5.41, 5.74) is 0.824. The molecular formula is C15H15N3O5S2. The third-order valence-corrected chi connectivity index (χ3v) is 5.19. The molecule has 0 aliphatic heterocycles. The standard InChI is InChI=1S/C15H15N3O5S2/c1-9-8-24-15(17-9)25-12-5-4-10(7-11(12)18(22)23)14(21)16-6-2-3-13(19)20/h4-5,7-8H,2-3,6H2,1H3,(H,16,21)(H,19,20). The van der Waals surface area contributed by atoms with Gasteiger partial charge < -0.3 is 10.4 Å². The van der Waals surface area contributed by atoms with E-state index >= 15 is 0 Å². The lowest BCUT2D eigenvalue weighted by molar-refractivity contribution is -0.387. The number of carboxylic acid groups (broad SMARTS) is 1. The highest BCUT2D eigenvalue weighted by molar-refractivity contribution is 8.01. The molecule has 1 heterocycles. The van der Waals surface area contributed by atoms with Crippen LogP contribution in [0, 0.1) is 17.0 Å². The third-order valence-electron chi connectivity index (χ3n) is 3.07. The van der Waals surface area contributed by atoms with E-state index in [1.54, 1.807) is 0 Å². The molecular weight excluding hydrogens is 366 g/mol. The summed E-state index contributed by atoms with van der Waals surface area (Å²) in [5.74, 6) is -1.42. The minimum absolute atomic E-state index is 0.0523. The van der Waals surface area contributed by atoms with Crippen molar-refractivity contribution in [3.8, 4) is 0 Å². The van der Waals surface area contributed by atoms with Crippen molar-refractivity contribution in [2.75, 3.05) is 6.54 Å². The number of nitrogens with zero attached hydrogens (tertiary/aromatic N) is 2. The van der Waals surface area contributed by atoms with Gasteiger partial charge in [0.25, 0.3) is 11.6 Å². The van der Waals surface area contributed by atoms with Gasteiger partial charge in [-0.1, -0.05) is 11.8 Å². The quantitative estimate of drug-likeness (QED) is 0.409. The summed E-state index contributed by atoms with van der Waals surface area (Å²) in [5, 5.41) is 24.3. The molecule has 8 nitrogen and oxygen atoms in total. The van der Waals surface area contributed by atoms with Crippen molar-refractivity contribution in [3.05, 3.63) is 45.0 Å². The van der Waals surface area contributed by atoms with Crippen LogP contribution in [0.25, 0.3) is 0 Å². The fraction of sp³-hybridized carbons (Fsp3) is 0.267. The summed E-state index contributed by atoms with van der Waals surface area (Å²) in [6.07, 6.45) is 0.240. The number of rotatable bonds is 8. The molecule has 0 saturated carbocycles. The van der Waals surface area contributed by atoms with E-state index < -0.39 is 16.8 Å². The van der Waals surface area contributed by atoms with E-state index in [-0.39, 0.29) is 24.2 Å². The number of aryl methyl sites for hydroxylation is 1. The molecule has 0 bridgehead atoms. The number of nitro benzene ring substituents is 1. The van der Waals surface area contributed by atoms with Gasteiger partial charge in [0.05, 0.1) is 9.82 Å². The van der Waals surface area contributed by atoms with Gasteiger partial charge in [-0.25, -0.2) is 4.98 Å². The lowest BCUT2D eigenvalue weighted by Gasteiger charge is -2.06. The second-order valence-corrected chi connectivity index (χ2v) is 7.20. The summed E-state index contributed by atoms with van der Waals surface area (Å²) in [7, 11) is 0. The van der Waals surface area contributed by atoms with Crippen molar-refractivity contribution in [2.45, 2.75) is 29.0 Å². The zero-order valence-electron chi connectivity index (χ0n) is 13.2. The number of carboxylic acids is 1. The molecule has 0 unspecified atom stereocenters. The molecule has 1 amide bonds. The molecule has 2 aromatic rings. The maximum absolute atomic E-state index is 12.0. The van der Waals surface area contributed by atoms with Crippen LogP contribution in [0.4, 0.5) is 5.69 Å². The molecule has 132 valence electrons. The number of carbonyl (C=O) groups is 2. The van der Waals surface area contributed by atoms with Crippen LogP contribution in [0.1, 0.15) is 28.9 Å². The molecule has 0 saturated heterocycles. The lowest BCUT2D eigenvalue weighted by atomic mass is 10.2. The largest absolute Gasteiger partial charge is 0.481 e. The first kappa shape index (κ1) is 18.9. The number of aliphatic carboxylic acids is 1. The van der Waals surface area contributed by atoms with Gasteiger partial charge in [0.2, 0.25) is 0 Å². The van der Waals surface area contributed by atoms with E-state index in [9.17, 15) is 19.7 Å². The van der Waals surface area contributed by atoms with Gasteiger partial charge in [-0.3, -0.25) is 19.7 Å². The fourth-order valence-corrected chi connectivity index (χ4v) is 3.78. The first-order valence-electron chi connectivity index (χ1n) is 7.25. The number of thiazole rings is 1. The zero-order chi connectivity index (χ0) is 18.4. The van der Waals surface area contributed by atoms with Gasteiger partial charge in [0.15, 0.2) is 4.34 Å². The Bertz CT molecular complexity index is 806. The smallest absolute Gasteiger partial charge is 0.303 e. The van der Waals surface area contributed by atoms with Gasteiger partial charge in [-0.15, -0.1) is 11.3 Å². The Hall–Kier alpha value is -2.46. The number of hydrogen-bond acceptors (Lipinski definition) is 7. The van der Waals surface area contributed by atoms with Crippen molar-refractivity contribution in [1.82, 2.24) is 10.3 Å². The summed E-state index contributed by atoms with van der Waals surface area (Å²) in [6, 6.07) is 4.24. The van der Waals surface area contributed by atoms with Gasteiger partial charge in [0, 0.05) is 35.7 Å². The molecule has 0 spiro atoms. The minimum atomic E-state index is -0.941. The van der Waals surface area contributed by atoms with Gasteiger partial charge in [-0.2, -0.15) is 0 Å². The van der Waals surface area contributed by atoms with Crippen LogP contribution >= 0.6 is 23.1 Å². The Labute approximate surface area is 151 Å². The predicted molar refractivity (Wildman–Crippen MR) is 93.3 cm³/mol. The zero-order valence-corrected chi connectivity index (χ0v) is 14.9. The van der Waals surface area contributed by atoms with Crippen molar-refractivity contribution in [3.63, 3.8) is 0 Å². The van der Waals surface area contributed by atoms with E-state index in [0.717, 1.165) is 5.69 Å². The number of nitrogens with one attached hydrogen (secondary N) is 1. The van der Waals surface area contributed by atoms with Crippen molar-refractivity contribution < 1.29 is 19.6 Å². The third kappa shape index (κ3) is 5.54. The molecule has 0 radical (unpaired) electrons. The number of carbonyl (C=O) groups excluding carboxylic acids is 1. The number of benzene rings is 1. The van der Waals surface area contributed by atoms with Gasteiger partial charge in [0.1, 0.15) is 0 Å². The molecule has 0 atom stereocenters. The number of amides is 1. The molecule has 1 aromatic carbocycles. The van der Waals surface area contributed by atoms with Crippen LogP contribution in [0.15, 0.2) is 32.8 Å². The van der Waals surface area contributed by atoms with Crippen LogP contribution in [-0.4, -0.2) is 33.4 Å². The van der Waals surface area contributed by atoms with E-state index in [0.29, 0.717) is 15.7 Å². The summed E-state index contributed by atoms with van der Waals surface area (Å²) < 4.78 is 0.687. The normalized spacial score (nSPS) is 10.4.